The lowest BCUT2D eigenvalue weighted by molar-refractivity contribution is 0.858. The molecule has 3 rings (SSSR count). The summed E-state index contributed by atoms with van der Waals surface area (Å²) >= 11 is 1.79. The Hall–Kier alpha value is -1.94. The maximum Gasteiger partial charge on any atom is 0.225 e. The Kier molecular flexibility index (Phi) is 3.40. The van der Waals surface area contributed by atoms with Crippen LogP contribution in [-0.2, 0) is 6.54 Å². The third-order valence-corrected chi connectivity index (χ3v) is 4.29. The first-order valence-corrected chi connectivity index (χ1v) is 7.50. The third kappa shape index (κ3) is 2.51. The topological polar surface area (TPSA) is 29.0 Å². The van der Waals surface area contributed by atoms with Crippen molar-refractivity contribution in [3.63, 3.8) is 0 Å². The average molecular weight is 283 g/mol. The van der Waals surface area contributed by atoms with E-state index in [2.05, 4.69) is 44.5 Å². The van der Waals surface area contributed by atoms with Gasteiger partial charge in [-0.25, -0.2) is 9.97 Å². The molecular formula is C16H17N3S. The van der Waals surface area contributed by atoms with Crippen LogP contribution in [0, 0.1) is 13.8 Å². The third-order valence-electron chi connectivity index (χ3n) is 3.28. The number of aryl methyl sites for hydroxylation is 2. The lowest BCUT2D eigenvalue weighted by Crippen LogP contribution is -2.19. The summed E-state index contributed by atoms with van der Waals surface area (Å²) < 4.78 is 1.33. The van der Waals surface area contributed by atoms with Crippen molar-refractivity contribution < 1.29 is 0 Å². The Morgan fingerprint density at radius 1 is 1.10 bits per heavy atom. The first-order valence-electron chi connectivity index (χ1n) is 6.62. The normalized spacial score (nSPS) is 10.9. The SMILES string of the molecule is Cc1cc(C)nc(N(C)Cc2csc3ccccc23)n1. The predicted molar refractivity (Wildman–Crippen MR) is 85.4 cm³/mol. The molecule has 1 aromatic carbocycles. The molecule has 3 aromatic rings. The molecule has 0 saturated carbocycles. The minimum Gasteiger partial charge on any atom is -0.339 e. The first-order chi connectivity index (χ1) is 9.63. The van der Waals surface area contributed by atoms with Crippen LogP contribution >= 0.6 is 11.3 Å². The Balaban J connectivity index is 1.90. The van der Waals surface area contributed by atoms with Crippen LogP contribution in [0.1, 0.15) is 17.0 Å². The van der Waals surface area contributed by atoms with E-state index in [1.54, 1.807) is 11.3 Å². The number of aromatic nitrogens is 2. The first kappa shape index (κ1) is 13.1. The summed E-state index contributed by atoms with van der Waals surface area (Å²) in [5.74, 6) is 0.790. The van der Waals surface area contributed by atoms with Gasteiger partial charge in [0.25, 0.3) is 0 Å². The zero-order valence-electron chi connectivity index (χ0n) is 11.9. The van der Waals surface area contributed by atoms with Crippen molar-refractivity contribution >= 4 is 27.4 Å². The number of fused-ring (bicyclic) bond motifs is 1. The van der Waals surface area contributed by atoms with Crippen LogP contribution in [0.2, 0.25) is 0 Å². The highest BCUT2D eigenvalue weighted by molar-refractivity contribution is 7.17. The van der Waals surface area contributed by atoms with Crippen molar-refractivity contribution in [3.8, 4) is 0 Å². The van der Waals surface area contributed by atoms with Gasteiger partial charge in [-0.3, -0.25) is 0 Å². The minimum absolute atomic E-state index is 0.790. The molecule has 0 fully saturated rings. The molecule has 3 nitrogen and oxygen atoms in total. The second-order valence-corrected chi connectivity index (χ2v) is 5.98. The molecule has 0 bridgehead atoms. The highest BCUT2D eigenvalue weighted by Crippen LogP contribution is 2.27. The van der Waals surface area contributed by atoms with Gasteiger partial charge in [0.1, 0.15) is 0 Å². The van der Waals surface area contributed by atoms with Crippen molar-refractivity contribution in [1.29, 1.82) is 0 Å². The Bertz CT molecular complexity index is 728. The summed E-state index contributed by atoms with van der Waals surface area (Å²) in [4.78, 5) is 11.1. The van der Waals surface area contributed by atoms with E-state index >= 15 is 0 Å². The number of hydrogen-bond donors (Lipinski definition) is 0. The number of hydrogen-bond acceptors (Lipinski definition) is 4. The van der Waals surface area contributed by atoms with Crippen LogP contribution in [-0.4, -0.2) is 17.0 Å². The summed E-state index contributed by atoms with van der Waals surface area (Å²) in [6, 6.07) is 10.5. The van der Waals surface area contributed by atoms with Gasteiger partial charge >= 0.3 is 0 Å². The fourth-order valence-corrected chi connectivity index (χ4v) is 3.31. The summed E-state index contributed by atoms with van der Waals surface area (Å²) in [7, 11) is 2.04. The lowest BCUT2D eigenvalue weighted by atomic mass is 10.2. The van der Waals surface area contributed by atoms with Crippen LogP contribution in [0.4, 0.5) is 5.95 Å². The molecule has 0 unspecified atom stereocenters. The quantitative estimate of drug-likeness (QED) is 0.729. The molecule has 0 N–H and O–H groups in total. The molecule has 0 aliphatic carbocycles. The fraction of sp³-hybridized carbons (Fsp3) is 0.250. The largest absolute Gasteiger partial charge is 0.339 e. The molecule has 0 atom stereocenters. The van der Waals surface area contributed by atoms with Crippen LogP contribution in [0.5, 0.6) is 0 Å². The van der Waals surface area contributed by atoms with Gasteiger partial charge in [0.05, 0.1) is 0 Å². The summed E-state index contributed by atoms with van der Waals surface area (Å²) in [6.45, 7) is 4.84. The fourth-order valence-electron chi connectivity index (χ4n) is 2.36. The van der Waals surface area contributed by atoms with Crippen molar-refractivity contribution in [1.82, 2.24) is 9.97 Å². The molecule has 20 heavy (non-hydrogen) atoms. The molecule has 2 heterocycles. The maximum atomic E-state index is 4.51. The van der Waals surface area contributed by atoms with E-state index < -0.39 is 0 Å². The average Bonchev–Trinajstić information content (AvgIpc) is 2.81. The summed E-state index contributed by atoms with van der Waals surface area (Å²) in [6.07, 6.45) is 0. The molecule has 0 aliphatic heterocycles. The molecule has 2 aromatic heterocycles. The monoisotopic (exact) mass is 283 g/mol. The van der Waals surface area contributed by atoms with Gasteiger partial charge in [-0.1, -0.05) is 18.2 Å². The highest BCUT2D eigenvalue weighted by Gasteiger charge is 2.10. The second kappa shape index (κ2) is 5.21. The van der Waals surface area contributed by atoms with E-state index in [4.69, 9.17) is 0 Å². The zero-order valence-corrected chi connectivity index (χ0v) is 12.7. The number of nitrogens with zero attached hydrogens (tertiary/aromatic N) is 3. The molecule has 0 amide bonds. The maximum absolute atomic E-state index is 4.51. The van der Waals surface area contributed by atoms with E-state index in [-0.39, 0.29) is 0 Å². The van der Waals surface area contributed by atoms with Gasteiger partial charge in [-0.15, -0.1) is 11.3 Å². The predicted octanol–water partition coefficient (Wildman–Crippen LogP) is 3.94. The van der Waals surface area contributed by atoms with E-state index in [9.17, 15) is 0 Å². The lowest BCUT2D eigenvalue weighted by Gasteiger charge is -2.17. The van der Waals surface area contributed by atoms with Crippen LogP contribution in [0.3, 0.4) is 0 Å². The van der Waals surface area contributed by atoms with Gasteiger partial charge in [0, 0.05) is 29.7 Å². The van der Waals surface area contributed by atoms with E-state index in [1.165, 1.54) is 15.6 Å². The van der Waals surface area contributed by atoms with E-state index in [0.29, 0.717) is 0 Å². The molecule has 102 valence electrons. The standard InChI is InChI=1S/C16H17N3S/c1-11-8-12(2)18-16(17-11)19(3)9-13-10-20-15-7-5-4-6-14(13)15/h4-8,10H,9H2,1-3H3. The van der Waals surface area contributed by atoms with Gasteiger partial charge in [0.2, 0.25) is 5.95 Å². The molecule has 0 spiro atoms. The molecule has 0 saturated heterocycles. The number of thiophene rings is 1. The summed E-state index contributed by atoms with van der Waals surface area (Å²) in [5.41, 5.74) is 3.35. The number of benzene rings is 1. The van der Waals surface area contributed by atoms with Crippen molar-refractivity contribution in [2.75, 3.05) is 11.9 Å². The summed E-state index contributed by atoms with van der Waals surface area (Å²) in [5, 5.41) is 3.55. The molecular weight excluding hydrogens is 266 g/mol. The van der Waals surface area contributed by atoms with E-state index in [1.807, 2.05) is 27.0 Å². The van der Waals surface area contributed by atoms with Crippen LogP contribution < -0.4 is 4.90 Å². The molecule has 4 heteroatoms. The Morgan fingerprint density at radius 2 is 1.80 bits per heavy atom. The molecule has 0 radical (unpaired) electrons. The van der Waals surface area contributed by atoms with Gasteiger partial charge in [0.15, 0.2) is 0 Å². The highest BCUT2D eigenvalue weighted by atomic mass is 32.1. The minimum atomic E-state index is 0.790. The van der Waals surface area contributed by atoms with Crippen molar-refractivity contribution in [2.24, 2.45) is 0 Å². The number of anilines is 1. The van der Waals surface area contributed by atoms with Crippen molar-refractivity contribution in [3.05, 3.63) is 52.7 Å². The van der Waals surface area contributed by atoms with Gasteiger partial charge in [-0.2, -0.15) is 0 Å². The van der Waals surface area contributed by atoms with Gasteiger partial charge in [-0.05, 0) is 42.3 Å². The molecule has 0 aliphatic rings. The Labute approximate surface area is 122 Å². The Morgan fingerprint density at radius 3 is 2.55 bits per heavy atom. The second-order valence-electron chi connectivity index (χ2n) is 5.06. The van der Waals surface area contributed by atoms with Crippen molar-refractivity contribution in [2.45, 2.75) is 20.4 Å². The number of rotatable bonds is 3. The zero-order chi connectivity index (χ0) is 14.1. The van der Waals surface area contributed by atoms with Gasteiger partial charge < -0.3 is 4.90 Å². The van der Waals surface area contributed by atoms with Crippen LogP contribution in [0.25, 0.3) is 10.1 Å². The van der Waals surface area contributed by atoms with Crippen LogP contribution in [0.15, 0.2) is 35.7 Å². The van der Waals surface area contributed by atoms with E-state index in [0.717, 1.165) is 23.9 Å². The smallest absolute Gasteiger partial charge is 0.225 e.